The van der Waals surface area contributed by atoms with Crippen LogP contribution in [-0.4, -0.2) is 95.9 Å². The first-order valence-electron chi connectivity index (χ1n) is 43.8. The number of hydrogen-bond acceptors (Lipinski definition) is 14. The number of carbonyl (C=O) groups is 3. The third kappa shape index (κ3) is 84.7. The van der Waals surface area contributed by atoms with E-state index in [1.165, 1.54) is 180 Å². The third-order valence-corrected chi connectivity index (χ3v) is 20.5. The molecule has 0 fully saturated rings. The molecule has 630 valence electrons. The minimum atomic E-state index is -4.94. The summed E-state index contributed by atoms with van der Waals surface area (Å²) in [5.74, 6) is -1.57. The lowest BCUT2D eigenvalue weighted by Crippen LogP contribution is -2.30. The maximum absolute atomic E-state index is 13.0. The molecule has 18 heteroatoms. The van der Waals surface area contributed by atoms with E-state index in [0.29, 0.717) is 19.3 Å². The molecule has 109 heavy (non-hydrogen) atoms. The zero-order valence-electron chi connectivity index (χ0n) is 69.2. The van der Waals surface area contributed by atoms with Crippen molar-refractivity contribution in [2.24, 2.45) is 0 Å². The van der Waals surface area contributed by atoms with E-state index in [4.69, 9.17) is 32.3 Å². The lowest BCUT2D eigenvalue weighted by atomic mass is 10.0. The highest BCUT2D eigenvalue weighted by molar-refractivity contribution is 7.47. The van der Waals surface area contributed by atoms with E-state index in [-0.39, 0.29) is 19.3 Å². The molecular formula is C91H160O16P2. The highest BCUT2D eigenvalue weighted by atomic mass is 31.2. The molecule has 5 unspecified atom stereocenters. The van der Waals surface area contributed by atoms with Gasteiger partial charge in [0.25, 0.3) is 0 Å². The zero-order valence-corrected chi connectivity index (χ0v) is 71.0. The molecule has 0 saturated heterocycles. The van der Waals surface area contributed by atoms with Gasteiger partial charge in [0.1, 0.15) is 25.4 Å². The Morgan fingerprint density at radius 1 is 0.266 bits per heavy atom. The normalized spacial score (nSPS) is 14.4. The Labute approximate surface area is 665 Å². The van der Waals surface area contributed by atoms with E-state index in [2.05, 4.69) is 142 Å². The maximum Gasteiger partial charge on any atom is 0.472 e. The number of ether oxygens (including phenoxy) is 3. The number of phosphoric ester groups is 2. The van der Waals surface area contributed by atoms with E-state index in [0.717, 1.165) is 141 Å². The van der Waals surface area contributed by atoms with Crippen LogP contribution in [0.5, 0.6) is 0 Å². The summed E-state index contributed by atoms with van der Waals surface area (Å²) in [7, 11) is -9.80. The van der Waals surface area contributed by atoms with E-state index >= 15 is 0 Å². The smallest absolute Gasteiger partial charge is 0.463 e. The van der Waals surface area contributed by atoms with Gasteiger partial charge in [0.2, 0.25) is 0 Å². The fraction of sp³-hybridized carbons (Fsp3) is 0.747. The van der Waals surface area contributed by atoms with Gasteiger partial charge in [-0.3, -0.25) is 32.5 Å². The van der Waals surface area contributed by atoms with Gasteiger partial charge >= 0.3 is 33.6 Å². The first-order valence-corrected chi connectivity index (χ1v) is 46.8. The van der Waals surface area contributed by atoms with Crippen LogP contribution in [0, 0.1) is 0 Å². The minimum absolute atomic E-state index is 0.0946. The predicted molar refractivity (Wildman–Crippen MR) is 454 cm³/mol. The molecule has 0 aromatic rings. The lowest BCUT2D eigenvalue weighted by molar-refractivity contribution is -0.161. The van der Waals surface area contributed by atoms with E-state index in [1.807, 2.05) is 0 Å². The average molecular weight is 1570 g/mol. The van der Waals surface area contributed by atoms with Crippen LogP contribution >= 0.6 is 15.6 Å². The summed E-state index contributed by atoms with van der Waals surface area (Å²) in [6.07, 6.45) is 101. The van der Waals surface area contributed by atoms with E-state index < -0.39 is 91.5 Å². The van der Waals surface area contributed by atoms with Gasteiger partial charge in [-0.2, -0.15) is 0 Å². The Bertz CT molecular complexity index is 2460. The number of esters is 3. The van der Waals surface area contributed by atoms with Crippen molar-refractivity contribution >= 4 is 33.6 Å². The number of unbranched alkanes of at least 4 members (excludes halogenated alkanes) is 40. The van der Waals surface area contributed by atoms with Gasteiger partial charge in [-0.05, 0) is 135 Å². The molecule has 0 bridgehead atoms. The van der Waals surface area contributed by atoms with Gasteiger partial charge in [-0.25, -0.2) is 9.13 Å². The summed E-state index contributed by atoms with van der Waals surface area (Å²) in [5.41, 5.74) is 0. The second kappa shape index (κ2) is 83.4. The predicted octanol–water partition coefficient (Wildman–Crippen LogP) is 26.4. The Kier molecular flexibility index (Phi) is 80.3. The zero-order chi connectivity index (χ0) is 79.4. The fourth-order valence-electron chi connectivity index (χ4n) is 12.0. The summed E-state index contributed by atoms with van der Waals surface area (Å²) in [6, 6.07) is 0. The molecule has 0 aliphatic heterocycles. The highest BCUT2D eigenvalue weighted by Crippen LogP contribution is 2.45. The van der Waals surface area contributed by atoms with Gasteiger partial charge < -0.3 is 34.2 Å². The molecule has 0 radical (unpaired) electrons. The topological polar surface area (TPSA) is 231 Å². The maximum atomic E-state index is 13.0. The van der Waals surface area contributed by atoms with Gasteiger partial charge in [0, 0.05) is 19.3 Å². The molecule has 0 aliphatic rings. The number of rotatable bonds is 83. The van der Waals surface area contributed by atoms with Crippen molar-refractivity contribution in [2.75, 3.05) is 39.6 Å². The van der Waals surface area contributed by atoms with Crippen LogP contribution in [0.3, 0.4) is 0 Å². The molecule has 0 heterocycles. The highest BCUT2D eigenvalue weighted by Gasteiger charge is 2.29. The molecule has 16 nitrogen and oxygen atoms in total. The van der Waals surface area contributed by atoms with Crippen LogP contribution in [0.25, 0.3) is 0 Å². The molecular weight excluding hydrogens is 1410 g/mol. The van der Waals surface area contributed by atoms with Crippen LogP contribution in [0.15, 0.2) is 122 Å². The lowest BCUT2D eigenvalue weighted by Gasteiger charge is -2.21. The van der Waals surface area contributed by atoms with Gasteiger partial charge in [0.05, 0.1) is 26.4 Å². The molecule has 0 amide bonds. The summed E-state index contributed by atoms with van der Waals surface area (Å²) in [6.45, 7) is 2.57. The van der Waals surface area contributed by atoms with Crippen molar-refractivity contribution in [3.63, 3.8) is 0 Å². The second-order valence-electron chi connectivity index (χ2n) is 29.3. The first-order chi connectivity index (χ1) is 53.2. The number of allylic oxidation sites excluding steroid dienone is 20. The SMILES string of the molecule is CC/C=C\C/C=C\C/C=C\C/C=C\C/C=C\CCCCCCCCCCCCCCCCCC(=O)OCC(O)COP(=O)(O)OCC(O)COP(=O)(O)OCC(COC(=O)CCCCCCCCCCCCC/C=C\C/C=C\C/C=C\C/C=C\CCCCC)OC(=O)CCCCCCC/C=C\CCCCCCCC. The van der Waals surface area contributed by atoms with Crippen LogP contribution < -0.4 is 0 Å². The summed E-state index contributed by atoms with van der Waals surface area (Å²) >= 11 is 0. The van der Waals surface area contributed by atoms with Crippen molar-refractivity contribution in [1.82, 2.24) is 0 Å². The monoisotopic (exact) mass is 1570 g/mol. The first kappa shape index (κ1) is 105. The number of aliphatic hydroxyl groups is 2. The largest absolute Gasteiger partial charge is 0.472 e. The van der Waals surface area contributed by atoms with Crippen molar-refractivity contribution in [3.05, 3.63) is 122 Å². The van der Waals surface area contributed by atoms with Crippen LogP contribution in [-0.2, 0) is 55.8 Å². The summed E-state index contributed by atoms with van der Waals surface area (Å²) in [4.78, 5) is 58.8. The molecule has 0 rings (SSSR count). The van der Waals surface area contributed by atoms with Gasteiger partial charge in [-0.15, -0.1) is 0 Å². The number of phosphoric acid groups is 2. The molecule has 0 spiro atoms. The Hall–Kier alpha value is -4.05. The van der Waals surface area contributed by atoms with Crippen molar-refractivity contribution < 1.29 is 75.8 Å². The van der Waals surface area contributed by atoms with Crippen molar-refractivity contribution in [3.8, 4) is 0 Å². The van der Waals surface area contributed by atoms with Crippen LogP contribution in [0.2, 0.25) is 0 Å². The Balaban J connectivity index is 4.48. The minimum Gasteiger partial charge on any atom is -0.463 e. The summed E-state index contributed by atoms with van der Waals surface area (Å²) in [5, 5.41) is 20.7. The van der Waals surface area contributed by atoms with E-state index in [9.17, 15) is 43.5 Å². The van der Waals surface area contributed by atoms with E-state index in [1.54, 1.807) is 0 Å². The third-order valence-electron chi connectivity index (χ3n) is 18.6. The number of hydrogen-bond donors (Lipinski definition) is 4. The Morgan fingerprint density at radius 2 is 0.486 bits per heavy atom. The van der Waals surface area contributed by atoms with Gasteiger partial charge in [0.15, 0.2) is 6.10 Å². The molecule has 0 aliphatic carbocycles. The van der Waals surface area contributed by atoms with Gasteiger partial charge in [-0.1, -0.05) is 348 Å². The molecule has 0 aromatic carbocycles. The average Bonchev–Trinajstić information content (AvgIpc) is 0.940. The fourth-order valence-corrected chi connectivity index (χ4v) is 13.6. The molecule has 0 saturated carbocycles. The van der Waals surface area contributed by atoms with Crippen molar-refractivity contribution in [2.45, 2.75) is 399 Å². The standard InChI is InChI=1S/C91H160O16P2/c1-4-7-10-13-16-19-22-25-28-30-32-34-36-38-40-41-42-43-45-47-48-50-52-54-57-59-62-65-68-71-74-77-89(94)101-80-86(92)81-103-108(97,98)104-82-87(93)83-105-109(99,100)106-85-88(107-91(96)79-76-73-70-67-64-61-56-27-24-21-18-15-12-9-6-3)84-102-90(95)78-75-72-69-66-63-60-58-55-53-51-49-46-44-39-37-35-33-31-29-26-23-20-17-14-11-8-5-2/h7,10,16-17,19-20,25-29,32-35,38-40,44,56,86-88,92-93H,4-6,8-9,11-15,18,21-24,30-31,36-37,41-43,45-55,57-85H2,1-3H3,(H,97,98)(H,99,100)/b10-7-,19-16-,20-17-,28-25-,29-26-,34-32-,35-33-,40-38-,44-39-,56-27-. The summed E-state index contributed by atoms with van der Waals surface area (Å²) < 4.78 is 61.3. The molecule has 4 N–H and O–H groups in total. The Morgan fingerprint density at radius 3 is 0.798 bits per heavy atom. The van der Waals surface area contributed by atoms with Crippen LogP contribution in [0.4, 0.5) is 0 Å². The van der Waals surface area contributed by atoms with Crippen molar-refractivity contribution in [1.29, 1.82) is 0 Å². The number of carbonyl (C=O) groups excluding carboxylic acids is 3. The quantitative estimate of drug-likeness (QED) is 0.0146. The van der Waals surface area contributed by atoms with Crippen LogP contribution in [0.1, 0.15) is 380 Å². The second-order valence-corrected chi connectivity index (χ2v) is 32.2. The molecule has 5 atom stereocenters. The number of aliphatic hydroxyl groups excluding tert-OH is 2. The molecule has 0 aromatic heterocycles.